The van der Waals surface area contributed by atoms with Crippen molar-refractivity contribution >= 4 is 0 Å². The molecular weight excluding hydrogens is 210 g/mol. The Morgan fingerprint density at radius 3 is 1.82 bits per heavy atom. The lowest BCUT2D eigenvalue weighted by atomic mass is 9.79. The average molecular weight is 243 g/mol. The maximum atomic E-state index is 5.78. The van der Waals surface area contributed by atoms with Gasteiger partial charge in [0.15, 0.2) is 0 Å². The molecule has 0 heterocycles. The summed E-state index contributed by atoms with van der Waals surface area (Å²) in [6, 6.07) is 0. The van der Waals surface area contributed by atoms with E-state index in [-0.39, 0.29) is 11.0 Å². The van der Waals surface area contributed by atoms with Gasteiger partial charge in [0.2, 0.25) is 0 Å². The Morgan fingerprint density at radius 1 is 1.00 bits per heavy atom. The molecule has 0 rings (SSSR count). The molecule has 2 nitrogen and oxygen atoms in total. The van der Waals surface area contributed by atoms with Gasteiger partial charge in [-0.05, 0) is 52.6 Å². The van der Waals surface area contributed by atoms with Crippen LogP contribution in [0.3, 0.4) is 0 Å². The summed E-state index contributed by atoms with van der Waals surface area (Å²) < 4.78 is 5.78. The molecule has 2 heteroatoms. The molecule has 104 valence electrons. The number of hydrogen-bond acceptors (Lipinski definition) is 2. The van der Waals surface area contributed by atoms with Gasteiger partial charge in [-0.3, -0.25) is 4.90 Å². The van der Waals surface area contributed by atoms with Crippen molar-refractivity contribution in [3.63, 3.8) is 0 Å². The summed E-state index contributed by atoms with van der Waals surface area (Å²) in [5, 5.41) is 0. The van der Waals surface area contributed by atoms with E-state index in [0.717, 1.165) is 26.1 Å². The van der Waals surface area contributed by atoms with Crippen LogP contribution in [-0.2, 0) is 4.74 Å². The zero-order valence-electron chi connectivity index (χ0n) is 13.3. The van der Waals surface area contributed by atoms with Gasteiger partial charge in [-0.1, -0.05) is 27.7 Å². The number of nitrogens with zero attached hydrogens (tertiary/aromatic N) is 1. The topological polar surface area (TPSA) is 12.5 Å². The minimum atomic E-state index is 0.232. The predicted molar refractivity (Wildman–Crippen MR) is 76.5 cm³/mol. The van der Waals surface area contributed by atoms with E-state index in [1.807, 2.05) is 0 Å². The maximum Gasteiger partial charge on any atom is 0.0521 e. The van der Waals surface area contributed by atoms with Gasteiger partial charge >= 0.3 is 0 Å². The third kappa shape index (κ3) is 6.42. The van der Waals surface area contributed by atoms with Crippen molar-refractivity contribution in [2.24, 2.45) is 5.41 Å². The van der Waals surface area contributed by atoms with Crippen LogP contribution in [0.4, 0.5) is 0 Å². The molecule has 0 spiro atoms. The van der Waals surface area contributed by atoms with Gasteiger partial charge in [0.25, 0.3) is 0 Å². The second-order valence-electron chi connectivity index (χ2n) is 6.69. The quantitative estimate of drug-likeness (QED) is 0.640. The molecule has 0 saturated heterocycles. The Hall–Kier alpha value is -0.0800. The highest BCUT2D eigenvalue weighted by Gasteiger charge is 2.32. The van der Waals surface area contributed by atoms with E-state index < -0.39 is 0 Å². The summed E-state index contributed by atoms with van der Waals surface area (Å²) in [6.45, 7) is 21.1. The zero-order chi connectivity index (χ0) is 13.7. The molecule has 0 atom stereocenters. The first-order valence-electron chi connectivity index (χ1n) is 7.01. The number of hydrogen-bond donors (Lipinski definition) is 0. The molecule has 0 amide bonds. The second kappa shape index (κ2) is 6.75. The van der Waals surface area contributed by atoms with Crippen molar-refractivity contribution in [3.8, 4) is 0 Å². The van der Waals surface area contributed by atoms with E-state index in [0.29, 0.717) is 6.10 Å². The molecule has 0 saturated carbocycles. The van der Waals surface area contributed by atoms with Gasteiger partial charge in [-0.25, -0.2) is 0 Å². The molecule has 0 radical (unpaired) electrons. The van der Waals surface area contributed by atoms with Gasteiger partial charge in [-0.15, -0.1) is 0 Å². The van der Waals surface area contributed by atoms with Gasteiger partial charge < -0.3 is 4.74 Å². The van der Waals surface area contributed by atoms with E-state index in [1.165, 1.54) is 0 Å². The SMILES string of the molecule is CCN(CC)C(C)(C)CC(C)(C)COC(C)C. The van der Waals surface area contributed by atoms with E-state index >= 15 is 0 Å². The molecule has 0 N–H and O–H groups in total. The summed E-state index contributed by atoms with van der Waals surface area (Å²) in [7, 11) is 0. The fourth-order valence-corrected chi connectivity index (χ4v) is 2.81. The summed E-state index contributed by atoms with van der Waals surface area (Å²) in [4.78, 5) is 2.53. The van der Waals surface area contributed by atoms with Crippen LogP contribution in [0, 0.1) is 5.41 Å². The van der Waals surface area contributed by atoms with Crippen LogP contribution >= 0.6 is 0 Å². The number of rotatable bonds is 8. The van der Waals surface area contributed by atoms with Crippen LogP contribution in [0.25, 0.3) is 0 Å². The Morgan fingerprint density at radius 2 is 1.47 bits per heavy atom. The third-order valence-electron chi connectivity index (χ3n) is 3.34. The average Bonchev–Trinajstić information content (AvgIpc) is 2.14. The first-order chi connectivity index (χ1) is 7.64. The minimum absolute atomic E-state index is 0.232. The second-order valence-corrected chi connectivity index (χ2v) is 6.69. The molecule has 0 aromatic carbocycles. The van der Waals surface area contributed by atoms with Crippen LogP contribution < -0.4 is 0 Å². The van der Waals surface area contributed by atoms with Crippen molar-refractivity contribution in [1.29, 1.82) is 0 Å². The van der Waals surface area contributed by atoms with E-state index in [1.54, 1.807) is 0 Å². The molecule has 0 aromatic rings. The van der Waals surface area contributed by atoms with Crippen molar-refractivity contribution in [2.75, 3.05) is 19.7 Å². The van der Waals surface area contributed by atoms with Crippen LogP contribution in [0.2, 0.25) is 0 Å². The molecule has 0 bridgehead atoms. The largest absolute Gasteiger partial charge is 0.378 e. The first kappa shape index (κ1) is 16.9. The zero-order valence-corrected chi connectivity index (χ0v) is 13.3. The van der Waals surface area contributed by atoms with E-state index in [4.69, 9.17) is 4.74 Å². The van der Waals surface area contributed by atoms with Crippen LogP contribution in [0.15, 0.2) is 0 Å². The summed E-state index contributed by atoms with van der Waals surface area (Å²) in [5.74, 6) is 0. The highest BCUT2D eigenvalue weighted by atomic mass is 16.5. The van der Waals surface area contributed by atoms with Crippen molar-refractivity contribution in [2.45, 2.75) is 73.5 Å². The summed E-state index contributed by atoms with van der Waals surface area (Å²) in [5.41, 5.74) is 0.476. The Kier molecular flexibility index (Phi) is 6.71. The highest BCUT2D eigenvalue weighted by molar-refractivity contribution is 4.87. The van der Waals surface area contributed by atoms with Crippen molar-refractivity contribution < 1.29 is 4.74 Å². The van der Waals surface area contributed by atoms with Crippen LogP contribution in [0.1, 0.15) is 61.8 Å². The molecular formula is C15H33NO. The molecule has 0 aliphatic rings. The normalized spacial score (nSPS) is 13.8. The Bertz CT molecular complexity index is 205. The lowest BCUT2D eigenvalue weighted by Gasteiger charge is -2.42. The van der Waals surface area contributed by atoms with E-state index in [9.17, 15) is 0 Å². The highest BCUT2D eigenvalue weighted by Crippen LogP contribution is 2.32. The maximum absolute atomic E-state index is 5.78. The Balaban J connectivity index is 4.45. The third-order valence-corrected chi connectivity index (χ3v) is 3.34. The smallest absolute Gasteiger partial charge is 0.0521 e. The molecule has 0 fully saturated rings. The summed E-state index contributed by atoms with van der Waals surface area (Å²) >= 11 is 0. The standard InChI is InChI=1S/C15H33NO/c1-9-16(10-2)15(7,8)11-14(5,6)12-17-13(3)4/h13H,9-12H2,1-8H3. The number of ether oxygens (including phenoxy) is 1. The fourth-order valence-electron chi connectivity index (χ4n) is 2.81. The van der Waals surface area contributed by atoms with E-state index in [2.05, 4.69) is 60.3 Å². The molecule has 0 aliphatic heterocycles. The van der Waals surface area contributed by atoms with Crippen molar-refractivity contribution in [1.82, 2.24) is 4.90 Å². The van der Waals surface area contributed by atoms with Crippen LogP contribution in [-0.4, -0.2) is 36.2 Å². The molecule has 0 aliphatic carbocycles. The van der Waals surface area contributed by atoms with Gasteiger partial charge in [0, 0.05) is 5.54 Å². The van der Waals surface area contributed by atoms with Gasteiger partial charge in [-0.2, -0.15) is 0 Å². The summed E-state index contributed by atoms with van der Waals surface area (Å²) in [6.07, 6.45) is 1.49. The molecule has 17 heavy (non-hydrogen) atoms. The van der Waals surface area contributed by atoms with Gasteiger partial charge in [0.05, 0.1) is 12.7 Å². The Labute approximate surface area is 109 Å². The molecule has 0 aromatic heterocycles. The first-order valence-corrected chi connectivity index (χ1v) is 7.01. The lowest BCUT2D eigenvalue weighted by Crippen LogP contribution is -2.47. The predicted octanol–water partition coefficient (Wildman–Crippen LogP) is 3.95. The van der Waals surface area contributed by atoms with Crippen LogP contribution in [0.5, 0.6) is 0 Å². The fraction of sp³-hybridized carbons (Fsp3) is 1.00. The molecule has 0 unspecified atom stereocenters. The minimum Gasteiger partial charge on any atom is -0.378 e. The van der Waals surface area contributed by atoms with Crippen molar-refractivity contribution in [3.05, 3.63) is 0 Å². The van der Waals surface area contributed by atoms with Gasteiger partial charge in [0.1, 0.15) is 0 Å². The monoisotopic (exact) mass is 243 g/mol. The lowest BCUT2D eigenvalue weighted by molar-refractivity contribution is -0.00878.